The van der Waals surface area contributed by atoms with E-state index in [0.29, 0.717) is 12.8 Å². The van der Waals surface area contributed by atoms with Gasteiger partial charge in [0.05, 0.1) is 12.5 Å². The van der Waals surface area contributed by atoms with Crippen LogP contribution in [0.2, 0.25) is 0 Å². The maximum absolute atomic E-state index is 11.9. The second kappa shape index (κ2) is 7.77. The minimum atomic E-state index is -0.777. The van der Waals surface area contributed by atoms with E-state index < -0.39 is 17.4 Å². The first-order valence-corrected chi connectivity index (χ1v) is 7.97. The van der Waals surface area contributed by atoms with Crippen LogP contribution >= 0.6 is 0 Å². The first kappa shape index (κ1) is 17.0. The zero-order valence-corrected chi connectivity index (χ0v) is 13.4. The molecule has 1 N–H and O–H groups in total. The summed E-state index contributed by atoms with van der Waals surface area (Å²) in [4.78, 5) is 23.7. The predicted octanol–water partition coefficient (Wildman–Crippen LogP) is 2.68. The number of ether oxygens (including phenoxy) is 1. The maximum Gasteiger partial charge on any atom is 0.306 e. The number of hydrogen-bond donors (Lipinski definition) is 1. The average Bonchev–Trinajstić information content (AvgIpc) is 3.03. The molecule has 1 atom stereocenters. The molecule has 1 saturated carbocycles. The van der Waals surface area contributed by atoms with Gasteiger partial charge in [0, 0.05) is 0 Å². The van der Waals surface area contributed by atoms with Crippen LogP contribution in [0.5, 0.6) is 0 Å². The van der Waals surface area contributed by atoms with Gasteiger partial charge in [-0.1, -0.05) is 37.3 Å². The van der Waals surface area contributed by atoms with Gasteiger partial charge in [0.15, 0.2) is 6.61 Å². The Morgan fingerprint density at radius 1 is 1.30 bits per heavy atom. The molecular weight excluding hydrogens is 292 g/mol. The molecule has 23 heavy (non-hydrogen) atoms. The predicted molar refractivity (Wildman–Crippen MR) is 85.4 cm³/mol. The Balaban J connectivity index is 1.76. The van der Waals surface area contributed by atoms with E-state index in [4.69, 9.17) is 4.74 Å². The zero-order chi connectivity index (χ0) is 16.7. The van der Waals surface area contributed by atoms with Crippen LogP contribution in [0.1, 0.15) is 50.5 Å². The number of nitrogens with one attached hydrogen (secondary N) is 1. The van der Waals surface area contributed by atoms with E-state index >= 15 is 0 Å². The molecule has 0 bridgehead atoms. The number of hydrogen-bond acceptors (Lipinski definition) is 4. The normalized spacial score (nSPS) is 17.0. The monoisotopic (exact) mass is 314 g/mol. The molecule has 0 aliphatic heterocycles. The fourth-order valence-electron chi connectivity index (χ4n) is 2.90. The Kier molecular flexibility index (Phi) is 5.75. The van der Waals surface area contributed by atoms with Crippen LogP contribution < -0.4 is 5.32 Å². The van der Waals surface area contributed by atoms with E-state index in [9.17, 15) is 14.9 Å². The Morgan fingerprint density at radius 3 is 2.57 bits per heavy atom. The lowest BCUT2D eigenvalue weighted by molar-refractivity contribution is -0.149. The lowest BCUT2D eigenvalue weighted by Gasteiger charge is -2.21. The van der Waals surface area contributed by atoms with Gasteiger partial charge in [0.2, 0.25) is 0 Å². The molecule has 1 aliphatic rings. The number of esters is 1. The van der Waals surface area contributed by atoms with E-state index in [1.165, 1.54) is 0 Å². The quantitative estimate of drug-likeness (QED) is 0.819. The summed E-state index contributed by atoms with van der Waals surface area (Å²) < 4.78 is 5.04. The summed E-state index contributed by atoms with van der Waals surface area (Å²) in [5, 5.41) is 11.9. The number of carbonyl (C=O) groups excluding carboxylic acids is 2. The molecule has 0 aromatic heterocycles. The molecule has 0 heterocycles. The Bertz CT molecular complexity index is 586. The van der Waals surface area contributed by atoms with Crippen LogP contribution in [0.25, 0.3) is 0 Å². The zero-order valence-electron chi connectivity index (χ0n) is 13.4. The fraction of sp³-hybridized carbons (Fsp3) is 0.500. The van der Waals surface area contributed by atoms with Crippen LogP contribution in [-0.4, -0.2) is 24.0 Å². The topological polar surface area (TPSA) is 79.2 Å². The van der Waals surface area contributed by atoms with Crippen molar-refractivity contribution in [3.05, 3.63) is 35.9 Å². The smallest absolute Gasteiger partial charge is 0.306 e. The molecule has 0 saturated heterocycles. The Morgan fingerprint density at radius 2 is 1.96 bits per heavy atom. The van der Waals surface area contributed by atoms with Crippen molar-refractivity contribution in [2.45, 2.75) is 50.5 Å². The SMILES string of the molecule is C[C@@H](CC(=O)OCC(=O)NC1(C#N)CCCC1)c1ccccc1. The van der Waals surface area contributed by atoms with Crippen molar-refractivity contribution in [2.24, 2.45) is 0 Å². The summed E-state index contributed by atoms with van der Waals surface area (Å²) >= 11 is 0. The standard InChI is InChI=1S/C18H22N2O3/c1-14(15-7-3-2-4-8-15)11-17(22)23-12-16(21)20-18(13-19)9-5-6-10-18/h2-4,7-8,14H,5-6,9-12H2,1H3,(H,20,21)/t14-/m0/s1. The lowest BCUT2D eigenvalue weighted by atomic mass is 9.98. The highest BCUT2D eigenvalue weighted by molar-refractivity contribution is 5.81. The minimum absolute atomic E-state index is 0.0343. The van der Waals surface area contributed by atoms with Gasteiger partial charge < -0.3 is 10.1 Å². The van der Waals surface area contributed by atoms with Gasteiger partial charge in [-0.15, -0.1) is 0 Å². The highest BCUT2D eigenvalue weighted by Crippen LogP contribution is 2.28. The number of nitriles is 1. The van der Waals surface area contributed by atoms with Gasteiger partial charge in [0.1, 0.15) is 5.54 Å². The summed E-state index contributed by atoms with van der Waals surface area (Å²) in [5.41, 5.74) is 0.282. The molecule has 1 aromatic rings. The molecule has 122 valence electrons. The molecule has 1 fully saturated rings. The Labute approximate surface area is 136 Å². The van der Waals surface area contributed by atoms with Gasteiger partial charge in [-0.3, -0.25) is 9.59 Å². The summed E-state index contributed by atoms with van der Waals surface area (Å²) in [6.45, 7) is 1.61. The van der Waals surface area contributed by atoms with Crippen LogP contribution in [-0.2, 0) is 14.3 Å². The van der Waals surface area contributed by atoms with Crippen molar-refractivity contribution < 1.29 is 14.3 Å². The molecule has 1 aromatic carbocycles. The fourth-order valence-corrected chi connectivity index (χ4v) is 2.90. The molecule has 0 unspecified atom stereocenters. The second-order valence-electron chi connectivity index (χ2n) is 6.13. The molecule has 5 heteroatoms. The van der Waals surface area contributed by atoms with Crippen LogP contribution in [0, 0.1) is 11.3 Å². The lowest BCUT2D eigenvalue weighted by Crippen LogP contribution is -2.46. The summed E-state index contributed by atoms with van der Waals surface area (Å²) in [6.07, 6.45) is 3.41. The van der Waals surface area contributed by atoms with Crippen molar-refractivity contribution in [3.8, 4) is 6.07 Å². The first-order valence-electron chi connectivity index (χ1n) is 7.97. The second-order valence-corrected chi connectivity index (χ2v) is 6.13. The molecule has 1 amide bonds. The molecule has 5 nitrogen and oxygen atoms in total. The first-order chi connectivity index (χ1) is 11.0. The summed E-state index contributed by atoms with van der Waals surface area (Å²) in [5.74, 6) is -0.782. The van der Waals surface area contributed by atoms with E-state index in [0.717, 1.165) is 18.4 Å². The number of rotatable bonds is 6. The van der Waals surface area contributed by atoms with Crippen molar-refractivity contribution in [1.82, 2.24) is 5.32 Å². The number of carbonyl (C=O) groups is 2. The van der Waals surface area contributed by atoms with E-state index in [2.05, 4.69) is 11.4 Å². The van der Waals surface area contributed by atoms with Crippen molar-refractivity contribution >= 4 is 11.9 Å². The minimum Gasteiger partial charge on any atom is -0.456 e. The van der Waals surface area contributed by atoms with Gasteiger partial charge in [-0.05, 0) is 37.2 Å². The third-order valence-corrected chi connectivity index (χ3v) is 4.26. The van der Waals surface area contributed by atoms with Gasteiger partial charge in [-0.25, -0.2) is 0 Å². The number of benzene rings is 1. The van der Waals surface area contributed by atoms with E-state index in [1.807, 2.05) is 37.3 Å². The average molecular weight is 314 g/mol. The van der Waals surface area contributed by atoms with Crippen molar-refractivity contribution in [3.63, 3.8) is 0 Å². The van der Waals surface area contributed by atoms with Gasteiger partial charge >= 0.3 is 5.97 Å². The van der Waals surface area contributed by atoms with Crippen LogP contribution in [0.15, 0.2) is 30.3 Å². The van der Waals surface area contributed by atoms with E-state index in [1.54, 1.807) is 0 Å². The van der Waals surface area contributed by atoms with Gasteiger partial charge in [-0.2, -0.15) is 5.26 Å². The molecule has 2 rings (SSSR count). The van der Waals surface area contributed by atoms with Crippen LogP contribution in [0.4, 0.5) is 0 Å². The third-order valence-electron chi connectivity index (χ3n) is 4.26. The van der Waals surface area contributed by atoms with Crippen LogP contribution in [0.3, 0.4) is 0 Å². The van der Waals surface area contributed by atoms with Crippen molar-refractivity contribution in [1.29, 1.82) is 5.26 Å². The highest BCUT2D eigenvalue weighted by atomic mass is 16.5. The summed E-state index contributed by atoms with van der Waals surface area (Å²) in [6, 6.07) is 11.9. The number of amides is 1. The highest BCUT2D eigenvalue weighted by Gasteiger charge is 2.35. The third kappa shape index (κ3) is 4.82. The summed E-state index contributed by atoms with van der Waals surface area (Å²) in [7, 11) is 0. The molecule has 0 radical (unpaired) electrons. The molecule has 1 aliphatic carbocycles. The Hall–Kier alpha value is -2.35. The van der Waals surface area contributed by atoms with Gasteiger partial charge in [0.25, 0.3) is 5.91 Å². The largest absolute Gasteiger partial charge is 0.456 e. The maximum atomic E-state index is 11.9. The number of nitrogens with zero attached hydrogens (tertiary/aromatic N) is 1. The van der Waals surface area contributed by atoms with Crippen molar-refractivity contribution in [2.75, 3.05) is 6.61 Å². The van der Waals surface area contributed by atoms with E-state index in [-0.39, 0.29) is 18.9 Å². The molecular formula is C18H22N2O3. The molecule has 0 spiro atoms.